The van der Waals surface area contributed by atoms with E-state index in [1.54, 1.807) is 0 Å². The van der Waals surface area contributed by atoms with E-state index in [0.717, 1.165) is 57.8 Å². The number of hydrogen-bond acceptors (Lipinski definition) is 6. The Kier molecular flexibility index (Phi) is 69.0. The number of esters is 3. The molecule has 0 saturated carbocycles. The summed E-state index contributed by atoms with van der Waals surface area (Å²) in [6.07, 6.45) is 85.3. The predicted octanol–water partition coefficient (Wildman–Crippen LogP) is 25.6. The molecule has 6 heteroatoms. The zero-order chi connectivity index (χ0) is 58.5. The molecule has 0 spiro atoms. The van der Waals surface area contributed by atoms with Gasteiger partial charge in [0.05, 0.1) is 0 Å². The molecule has 0 aromatic rings. The fourth-order valence-electron chi connectivity index (χ4n) is 11.7. The van der Waals surface area contributed by atoms with Crippen molar-refractivity contribution >= 4 is 17.9 Å². The first-order valence-electron chi connectivity index (χ1n) is 37.2. The first-order chi connectivity index (χ1) is 40.0. The lowest BCUT2D eigenvalue weighted by Gasteiger charge is -2.18. The highest BCUT2D eigenvalue weighted by atomic mass is 16.6. The molecular formula is C75H144O6. The van der Waals surface area contributed by atoms with Gasteiger partial charge < -0.3 is 14.2 Å². The van der Waals surface area contributed by atoms with Crippen LogP contribution in [0.15, 0.2) is 12.2 Å². The molecule has 480 valence electrons. The Morgan fingerprint density at radius 3 is 0.617 bits per heavy atom. The number of hydrogen-bond donors (Lipinski definition) is 0. The topological polar surface area (TPSA) is 78.9 Å². The fraction of sp³-hybridized carbons (Fsp3) is 0.933. The maximum absolute atomic E-state index is 13.0. The van der Waals surface area contributed by atoms with E-state index in [-0.39, 0.29) is 31.1 Å². The van der Waals surface area contributed by atoms with Crippen molar-refractivity contribution in [2.75, 3.05) is 13.2 Å². The molecule has 1 unspecified atom stereocenters. The van der Waals surface area contributed by atoms with Crippen molar-refractivity contribution in [3.8, 4) is 0 Å². The van der Waals surface area contributed by atoms with Crippen LogP contribution in [0.25, 0.3) is 0 Å². The van der Waals surface area contributed by atoms with E-state index in [2.05, 4.69) is 32.9 Å². The third-order valence-corrected chi connectivity index (χ3v) is 17.3. The third-order valence-electron chi connectivity index (χ3n) is 17.3. The van der Waals surface area contributed by atoms with Gasteiger partial charge in [0.1, 0.15) is 13.2 Å². The molecule has 0 rings (SSSR count). The van der Waals surface area contributed by atoms with Crippen LogP contribution in [0.4, 0.5) is 0 Å². The molecule has 6 nitrogen and oxygen atoms in total. The van der Waals surface area contributed by atoms with Crippen LogP contribution in [0, 0.1) is 0 Å². The number of allylic oxidation sites excluding steroid dienone is 2. The van der Waals surface area contributed by atoms with Crippen molar-refractivity contribution in [2.24, 2.45) is 0 Å². The Morgan fingerprint density at radius 1 is 0.235 bits per heavy atom. The number of carbonyl (C=O) groups is 3. The van der Waals surface area contributed by atoms with Gasteiger partial charge in [0, 0.05) is 19.3 Å². The van der Waals surface area contributed by atoms with Crippen LogP contribution >= 0.6 is 0 Å². The predicted molar refractivity (Wildman–Crippen MR) is 353 cm³/mol. The van der Waals surface area contributed by atoms with Gasteiger partial charge in [0.15, 0.2) is 6.10 Å². The molecule has 81 heavy (non-hydrogen) atoms. The lowest BCUT2D eigenvalue weighted by molar-refractivity contribution is -0.167. The van der Waals surface area contributed by atoms with Crippen molar-refractivity contribution in [3.63, 3.8) is 0 Å². The summed E-state index contributed by atoms with van der Waals surface area (Å²) in [5.41, 5.74) is 0. The van der Waals surface area contributed by atoms with Crippen molar-refractivity contribution in [2.45, 2.75) is 438 Å². The van der Waals surface area contributed by atoms with Crippen molar-refractivity contribution in [1.29, 1.82) is 0 Å². The highest BCUT2D eigenvalue weighted by Gasteiger charge is 2.20. The molecule has 0 heterocycles. The van der Waals surface area contributed by atoms with Crippen LogP contribution < -0.4 is 0 Å². The smallest absolute Gasteiger partial charge is 0.306 e. The summed E-state index contributed by atoms with van der Waals surface area (Å²) in [6, 6.07) is 0. The second-order valence-corrected chi connectivity index (χ2v) is 25.6. The van der Waals surface area contributed by atoms with E-state index in [1.165, 1.54) is 334 Å². The Balaban J connectivity index is 4.27. The molecule has 0 fully saturated rings. The van der Waals surface area contributed by atoms with Crippen LogP contribution in [0.1, 0.15) is 432 Å². The number of ether oxygens (including phenoxy) is 3. The van der Waals surface area contributed by atoms with Gasteiger partial charge >= 0.3 is 17.9 Å². The molecule has 0 bridgehead atoms. The minimum Gasteiger partial charge on any atom is -0.462 e. The molecule has 0 saturated heterocycles. The molecule has 1 atom stereocenters. The first-order valence-corrected chi connectivity index (χ1v) is 37.2. The molecule has 0 aromatic heterocycles. The van der Waals surface area contributed by atoms with Gasteiger partial charge in [-0.15, -0.1) is 0 Å². The lowest BCUT2D eigenvalue weighted by Crippen LogP contribution is -2.30. The molecule has 0 aliphatic carbocycles. The highest BCUT2D eigenvalue weighted by Crippen LogP contribution is 2.19. The van der Waals surface area contributed by atoms with Crippen molar-refractivity contribution < 1.29 is 28.6 Å². The van der Waals surface area contributed by atoms with Crippen LogP contribution in [0.2, 0.25) is 0 Å². The van der Waals surface area contributed by atoms with Gasteiger partial charge in [-0.3, -0.25) is 14.4 Å². The maximum atomic E-state index is 13.0. The van der Waals surface area contributed by atoms with Gasteiger partial charge in [-0.25, -0.2) is 0 Å². The van der Waals surface area contributed by atoms with Gasteiger partial charge in [-0.2, -0.15) is 0 Å². The molecule has 0 aromatic carbocycles. The monoisotopic (exact) mass is 1140 g/mol. The normalized spacial score (nSPS) is 12.0. The molecule has 0 radical (unpaired) electrons. The summed E-state index contributed by atoms with van der Waals surface area (Å²) < 4.78 is 17.1. The van der Waals surface area contributed by atoms with Crippen molar-refractivity contribution in [3.05, 3.63) is 12.2 Å². The number of unbranched alkanes of at least 4 members (excludes halogenated alkanes) is 57. The zero-order valence-electron chi connectivity index (χ0n) is 55.4. The van der Waals surface area contributed by atoms with Gasteiger partial charge in [-0.1, -0.05) is 380 Å². The second kappa shape index (κ2) is 70.6. The molecule has 0 aliphatic rings. The van der Waals surface area contributed by atoms with Crippen LogP contribution in [0.5, 0.6) is 0 Å². The zero-order valence-corrected chi connectivity index (χ0v) is 55.4. The van der Waals surface area contributed by atoms with Gasteiger partial charge in [-0.05, 0) is 44.9 Å². The summed E-state index contributed by atoms with van der Waals surface area (Å²) >= 11 is 0. The Morgan fingerprint density at radius 2 is 0.407 bits per heavy atom. The third kappa shape index (κ3) is 68.8. The van der Waals surface area contributed by atoms with Crippen LogP contribution in [0.3, 0.4) is 0 Å². The Labute approximate surface area is 507 Å². The SMILES string of the molecule is CCCCCCCCCC/C=C\CCCCCCCCCCCCCC(=O)OCC(COC(=O)CCCCCCCCCCCCCCCCCCCC)OC(=O)CCCCCCCCCCCCCCCCCCCCCCCC. The molecule has 0 amide bonds. The van der Waals surface area contributed by atoms with E-state index in [4.69, 9.17) is 14.2 Å². The quantitative estimate of drug-likeness (QED) is 0.0261. The van der Waals surface area contributed by atoms with Gasteiger partial charge in [0.2, 0.25) is 0 Å². The van der Waals surface area contributed by atoms with E-state index in [9.17, 15) is 14.4 Å². The van der Waals surface area contributed by atoms with E-state index < -0.39 is 6.10 Å². The maximum Gasteiger partial charge on any atom is 0.306 e. The summed E-state index contributed by atoms with van der Waals surface area (Å²) in [4.78, 5) is 38.5. The van der Waals surface area contributed by atoms with Crippen LogP contribution in [-0.2, 0) is 28.6 Å². The lowest BCUT2D eigenvalue weighted by atomic mass is 10.0. The summed E-state index contributed by atoms with van der Waals surface area (Å²) in [7, 11) is 0. The average molecular weight is 1140 g/mol. The van der Waals surface area contributed by atoms with Gasteiger partial charge in [0.25, 0.3) is 0 Å². The summed E-state index contributed by atoms with van der Waals surface area (Å²) in [5, 5.41) is 0. The number of rotatable bonds is 70. The Bertz CT molecular complexity index is 1260. The summed E-state index contributed by atoms with van der Waals surface area (Å²) in [6.45, 7) is 6.75. The number of carbonyl (C=O) groups excluding carboxylic acids is 3. The molecular weight excluding hydrogens is 997 g/mol. The second-order valence-electron chi connectivity index (χ2n) is 25.6. The van der Waals surface area contributed by atoms with Crippen LogP contribution in [-0.4, -0.2) is 37.2 Å². The van der Waals surface area contributed by atoms with E-state index in [0.29, 0.717) is 19.3 Å². The largest absolute Gasteiger partial charge is 0.462 e. The molecule has 0 aliphatic heterocycles. The minimum atomic E-state index is -0.767. The molecule has 0 N–H and O–H groups in total. The van der Waals surface area contributed by atoms with Crippen molar-refractivity contribution in [1.82, 2.24) is 0 Å². The highest BCUT2D eigenvalue weighted by molar-refractivity contribution is 5.71. The standard InChI is InChI=1S/C75H144O6/c1-4-7-10-13-16-19-22-25-28-31-34-36-38-40-41-44-47-50-53-56-59-62-65-68-74(77)80-71-72(70-79-73(76)67-64-61-58-55-52-49-46-43-33-30-27-24-21-18-15-12-9-6-3)81-75(78)69-66-63-60-57-54-51-48-45-42-39-37-35-32-29-26-23-20-17-14-11-8-5-2/h31,34,72H,4-30,32-33,35-71H2,1-3H3/b34-31-. The minimum absolute atomic E-state index is 0.0625. The Hall–Kier alpha value is -1.85. The average Bonchev–Trinajstić information content (AvgIpc) is 3.47. The first kappa shape index (κ1) is 79.2. The van der Waals surface area contributed by atoms with E-state index in [1.807, 2.05) is 0 Å². The van der Waals surface area contributed by atoms with E-state index >= 15 is 0 Å². The fourth-order valence-corrected chi connectivity index (χ4v) is 11.7. The summed E-state index contributed by atoms with van der Waals surface area (Å²) in [5.74, 6) is -0.822.